The molecule has 0 fully saturated rings. The minimum absolute atomic E-state index is 0.312. The van der Waals surface area contributed by atoms with Gasteiger partial charge in [-0.25, -0.2) is 14.0 Å². The van der Waals surface area contributed by atoms with E-state index in [1.165, 1.54) is 26.4 Å². The van der Waals surface area contributed by atoms with Gasteiger partial charge in [0.2, 0.25) is 0 Å². The van der Waals surface area contributed by atoms with Gasteiger partial charge in [0.25, 0.3) is 0 Å². The zero-order valence-electron chi connectivity index (χ0n) is 16.6. The molecule has 0 atom stereocenters. The second-order valence-corrected chi connectivity index (χ2v) is 7.87. The minimum Gasteiger partial charge on any atom is -0.465 e. The van der Waals surface area contributed by atoms with Crippen LogP contribution in [0.1, 0.15) is 20.7 Å². The third-order valence-corrected chi connectivity index (χ3v) is 4.92. The fourth-order valence-electron chi connectivity index (χ4n) is 2.43. The molecule has 0 radical (unpaired) electrons. The normalized spacial score (nSPS) is 9.84. The van der Waals surface area contributed by atoms with Gasteiger partial charge in [-0.05, 0) is 60.7 Å². The number of nitrogens with two attached hydrogens (primary N) is 1. The van der Waals surface area contributed by atoms with Crippen molar-refractivity contribution in [3.8, 4) is 0 Å². The third-order valence-electron chi connectivity index (χ3n) is 3.93. The van der Waals surface area contributed by atoms with E-state index in [9.17, 15) is 14.0 Å². The summed E-state index contributed by atoms with van der Waals surface area (Å²) in [5.41, 5.74) is 8.06. The van der Waals surface area contributed by atoms with Gasteiger partial charge in [-0.15, -0.1) is 0 Å². The summed E-state index contributed by atoms with van der Waals surface area (Å²) in [6, 6.07) is 16.1. The molecule has 0 saturated carbocycles. The number of hydrogen-bond acceptors (Lipinski definition) is 6. The molecule has 6 nitrogen and oxygen atoms in total. The van der Waals surface area contributed by atoms with E-state index in [0.29, 0.717) is 28.2 Å². The van der Waals surface area contributed by atoms with Crippen molar-refractivity contribution in [2.75, 3.05) is 25.3 Å². The van der Waals surface area contributed by atoms with Crippen molar-refractivity contribution in [2.45, 2.75) is 0 Å². The number of carbonyl (C=O) groups is 2. The first kappa shape index (κ1) is 24.4. The molecule has 162 valence electrons. The monoisotopic (exact) mass is 552 g/mol. The molecule has 0 bridgehead atoms. The van der Waals surface area contributed by atoms with Crippen molar-refractivity contribution < 1.29 is 23.5 Å². The predicted octanol–water partition coefficient (Wildman–Crippen LogP) is 5.94. The summed E-state index contributed by atoms with van der Waals surface area (Å²) in [5, 5.41) is 3.06. The topological polar surface area (TPSA) is 90.7 Å². The van der Waals surface area contributed by atoms with Crippen molar-refractivity contribution in [2.24, 2.45) is 0 Å². The van der Waals surface area contributed by atoms with Gasteiger partial charge in [0.15, 0.2) is 0 Å². The van der Waals surface area contributed by atoms with Crippen LogP contribution in [0.3, 0.4) is 0 Å². The van der Waals surface area contributed by atoms with E-state index >= 15 is 0 Å². The van der Waals surface area contributed by atoms with Crippen LogP contribution in [-0.2, 0) is 9.47 Å². The minimum atomic E-state index is -0.433. The Morgan fingerprint density at radius 1 is 0.839 bits per heavy atom. The number of nitrogen functional groups attached to an aromatic ring is 1. The Balaban J connectivity index is 0.000000245. The number of hydrogen-bond donors (Lipinski definition) is 2. The van der Waals surface area contributed by atoms with E-state index in [0.717, 1.165) is 8.95 Å². The second-order valence-electron chi connectivity index (χ2n) is 6.04. The molecule has 0 saturated heterocycles. The van der Waals surface area contributed by atoms with Crippen molar-refractivity contribution in [1.82, 2.24) is 0 Å². The molecule has 31 heavy (non-hydrogen) atoms. The molecule has 0 spiro atoms. The highest BCUT2D eigenvalue weighted by Gasteiger charge is 2.12. The average Bonchev–Trinajstić information content (AvgIpc) is 2.75. The Labute approximate surface area is 195 Å². The van der Waals surface area contributed by atoms with Gasteiger partial charge in [0, 0.05) is 20.3 Å². The number of anilines is 3. The summed E-state index contributed by atoms with van der Waals surface area (Å²) in [6.45, 7) is 0. The van der Waals surface area contributed by atoms with Gasteiger partial charge in [-0.1, -0.05) is 31.9 Å². The maximum atomic E-state index is 12.8. The Bertz CT molecular complexity index is 1080. The zero-order valence-corrected chi connectivity index (χ0v) is 19.8. The lowest BCUT2D eigenvalue weighted by Gasteiger charge is -2.11. The fraction of sp³-hybridized carbons (Fsp3) is 0.0909. The van der Waals surface area contributed by atoms with Gasteiger partial charge in [0.05, 0.1) is 31.0 Å². The number of carbonyl (C=O) groups excluding carboxylic acids is 2. The van der Waals surface area contributed by atoms with Crippen LogP contribution in [-0.4, -0.2) is 26.2 Å². The molecule has 3 N–H and O–H groups in total. The summed E-state index contributed by atoms with van der Waals surface area (Å²) in [4.78, 5) is 22.7. The van der Waals surface area contributed by atoms with Crippen molar-refractivity contribution >= 4 is 60.9 Å². The van der Waals surface area contributed by atoms with E-state index in [4.69, 9.17) is 10.5 Å². The maximum absolute atomic E-state index is 12.8. The van der Waals surface area contributed by atoms with Crippen LogP contribution in [0.2, 0.25) is 0 Å². The molecule has 0 heterocycles. The molecule has 3 aromatic rings. The van der Waals surface area contributed by atoms with Crippen LogP contribution in [0.15, 0.2) is 69.6 Å². The molecule has 3 aromatic carbocycles. The summed E-state index contributed by atoms with van der Waals surface area (Å²) in [7, 11) is 2.65. The molecule has 0 aliphatic carbocycles. The lowest BCUT2D eigenvalue weighted by molar-refractivity contribution is 0.0593. The first-order chi connectivity index (χ1) is 14.7. The standard InChI is InChI=1S/C14H11BrFNO2.C8H8BrNO2/c1-19-14(18)12-7-2-9(15)8-13(12)17-11-5-3-10(16)4-6-11;1-12-8(11)6-3-2-5(9)4-7(6)10/h2-8,17H,1H3;2-4H,10H2,1H3. The summed E-state index contributed by atoms with van der Waals surface area (Å²) in [6.07, 6.45) is 0. The van der Waals surface area contributed by atoms with E-state index in [-0.39, 0.29) is 5.82 Å². The van der Waals surface area contributed by atoms with Gasteiger partial charge < -0.3 is 20.5 Å². The number of benzene rings is 3. The van der Waals surface area contributed by atoms with Crippen LogP contribution in [0.4, 0.5) is 21.5 Å². The number of halogens is 3. The van der Waals surface area contributed by atoms with Crippen LogP contribution >= 0.6 is 31.9 Å². The molecular weight excluding hydrogens is 535 g/mol. The van der Waals surface area contributed by atoms with Crippen molar-refractivity contribution in [3.63, 3.8) is 0 Å². The predicted molar refractivity (Wildman–Crippen MR) is 125 cm³/mol. The lowest BCUT2D eigenvalue weighted by atomic mass is 10.1. The lowest BCUT2D eigenvalue weighted by Crippen LogP contribution is -2.05. The highest BCUT2D eigenvalue weighted by molar-refractivity contribution is 9.10. The Hall–Kier alpha value is -2.91. The Kier molecular flexibility index (Phi) is 9.02. The van der Waals surface area contributed by atoms with E-state index < -0.39 is 11.9 Å². The third kappa shape index (κ3) is 7.08. The highest BCUT2D eigenvalue weighted by Crippen LogP contribution is 2.26. The van der Waals surface area contributed by atoms with Crippen LogP contribution in [0, 0.1) is 5.82 Å². The van der Waals surface area contributed by atoms with Gasteiger partial charge in [-0.3, -0.25) is 0 Å². The van der Waals surface area contributed by atoms with Crippen molar-refractivity contribution in [1.29, 1.82) is 0 Å². The van der Waals surface area contributed by atoms with Crippen molar-refractivity contribution in [3.05, 3.63) is 86.6 Å². The highest BCUT2D eigenvalue weighted by atomic mass is 79.9. The summed E-state index contributed by atoms with van der Waals surface area (Å²) < 4.78 is 23.7. The molecule has 0 aliphatic heterocycles. The first-order valence-electron chi connectivity index (χ1n) is 8.79. The largest absolute Gasteiger partial charge is 0.465 e. The fourth-order valence-corrected chi connectivity index (χ4v) is 3.17. The molecule has 9 heteroatoms. The van der Waals surface area contributed by atoms with E-state index in [2.05, 4.69) is 41.9 Å². The molecule has 3 rings (SSSR count). The summed E-state index contributed by atoms with van der Waals surface area (Å²) in [5.74, 6) is -1.16. The average molecular weight is 554 g/mol. The quantitative estimate of drug-likeness (QED) is 0.307. The zero-order chi connectivity index (χ0) is 23.0. The molecule has 0 amide bonds. The summed E-state index contributed by atoms with van der Waals surface area (Å²) >= 11 is 6.58. The second kappa shape index (κ2) is 11.5. The molecular formula is C22H19Br2FN2O4. The number of rotatable bonds is 4. The van der Waals surface area contributed by atoms with E-state index in [1.54, 1.807) is 48.5 Å². The van der Waals surface area contributed by atoms with Gasteiger partial charge >= 0.3 is 11.9 Å². The number of esters is 2. The first-order valence-corrected chi connectivity index (χ1v) is 10.4. The SMILES string of the molecule is COC(=O)c1ccc(Br)cc1N.COC(=O)c1ccc(Br)cc1Nc1ccc(F)cc1. The van der Waals surface area contributed by atoms with Gasteiger partial charge in [0.1, 0.15) is 5.82 Å². The molecule has 0 aliphatic rings. The smallest absolute Gasteiger partial charge is 0.339 e. The van der Waals surface area contributed by atoms with Crippen LogP contribution < -0.4 is 11.1 Å². The maximum Gasteiger partial charge on any atom is 0.339 e. The Morgan fingerprint density at radius 3 is 1.90 bits per heavy atom. The number of nitrogens with one attached hydrogen (secondary N) is 1. The van der Waals surface area contributed by atoms with Gasteiger partial charge in [-0.2, -0.15) is 0 Å². The number of methoxy groups -OCH3 is 2. The molecule has 0 unspecified atom stereocenters. The molecule has 0 aromatic heterocycles. The Morgan fingerprint density at radius 2 is 1.35 bits per heavy atom. The van der Waals surface area contributed by atoms with Crippen LogP contribution in [0.5, 0.6) is 0 Å². The van der Waals surface area contributed by atoms with E-state index in [1.807, 2.05) is 0 Å². The number of ether oxygens (including phenoxy) is 2. The van der Waals surface area contributed by atoms with Crippen LogP contribution in [0.25, 0.3) is 0 Å².